The molecule has 1 heterocycles. The fourth-order valence-corrected chi connectivity index (χ4v) is 2.97. The molecule has 3 nitrogen and oxygen atoms in total. The highest BCUT2D eigenvalue weighted by Gasteiger charge is 2.27. The Morgan fingerprint density at radius 2 is 1.95 bits per heavy atom. The van der Waals surface area contributed by atoms with Crippen molar-refractivity contribution in [2.45, 2.75) is 52.0 Å². The Morgan fingerprint density at radius 3 is 2.67 bits per heavy atom. The largest absolute Gasteiger partial charge is 0.341 e. The molecule has 1 amide bonds. The molecule has 21 heavy (non-hydrogen) atoms. The number of hydrogen-bond donors (Lipinski definition) is 1. The summed E-state index contributed by atoms with van der Waals surface area (Å²) in [5.41, 5.74) is 7.72. The second-order valence-electron chi connectivity index (χ2n) is 6.97. The number of carbonyl (C=O) groups excluding carboxylic acids is 1. The first-order valence-electron chi connectivity index (χ1n) is 8.06. The van der Waals surface area contributed by atoms with E-state index in [1.165, 1.54) is 12.0 Å². The van der Waals surface area contributed by atoms with Crippen LogP contribution in [0.4, 0.5) is 0 Å². The molecule has 1 saturated heterocycles. The minimum absolute atomic E-state index is 0.128. The van der Waals surface area contributed by atoms with Gasteiger partial charge in [0.1, 0.15) is 0 Å². The van der Waals surface area contributed by atoms with Crippen LogP contribution < -0.4 is 5.73 Å². The van der Waals surface area contributed by atoms with Gasteiger partial charge in [0.15, 0.2) is 0 Å². The number of nitrogens with two attached hydrogens (primary N) is 1. The normalized spacial score (nSPS) is 19.9. The van der Waals surface area contributed by atoms with Crippen molar-refractivity contribution in [3.63, 3.8) is 0 Å². The van der Waals surface area contributed by atoms with Crippen molar-refractivity contribution in [1.82, 2.24) is 4.90 Å². The number of aryl methyl sites for hydroxylation is 1. The van der Waals surface area contributed by atoms with E-state index in [0.717, 1.165) is 38.8 Å². The molecule has 116 valence electrons. The summed E-state index contributed by atoms with van der Waals surface area (Å²) in [6, 6.07) is 9.87. The topological polar surface area (TPSA) is 46.3 Å². The Labute approximate surface area is 128 Å². The summed E-state index contributed by atoms with van der Waals surface area (Å²) in [5.74, 6) is 0.128. The predicted molar refractivity (Wildman–Crippen MR) is 87.0 cm³/mol. The van der Waals surface area contributed by atoms with Crippen LogP contribution in [-0.4, -0.2) is 29.9 Å². The van der Waals surface area contributed by atoms with E-state index < -0.39 is 0 Å². The molecule has 0 aliphatic carbocycles. The van der Waals surface area contributed by atoms with Gasteiger partial charge in [-0.25, -0.2) is 0 Å². The van der Waals surface area contributed by atoms with E-state index >= 15 is 0 Å². The molecule has 1 aromatic carbocycles. The van der Waals surface area contributed by atoms with Crippen molar-refractivity contribution < 1.29 is 4.79 Å². The molecule has 3 heteroatoms. The molecule has 1 atom stereocenters. The maximum Gasteiger partial charge on any atom is 0.239 e. The predicted octanol–water partition coefficient (Wildman–Crippen LogP) is 2.99. The summed E-state index contributed by atoms with van der Waals surface area (Å²) in [6.07, 6.45) is 4.94. The molecule has 1 fully saturated rings. The van der Waals surface area contributed by atoms with E-state index in [2.05, 4.69) is 26.0 Å². The van der Waals surface area contributed by atoms with Crippen LogP contribution >= 0.6 is 0 Å². The smallest absolute Gasteiger partial charge is 0.239 e. The maximum atomic E-state index is 12.5. The molecule has 0 radical (unpaired) electrons. The molecular weight excluding hydrogens is 260 g/mol. The van der Waals surface area contributed by atoms with Crippen LogP contribution in [0.5, 0.6) is 0 Å². The van der Waals surface area contributed by atoms with E-state index in [1.54, 1.807) is 0 Å². The quantitative estimate of drug-likeness (QED) is 0.926. The average Bonchev–Trinajstić information content (AvgIpc) is 2.66. The third kappa shape index (κ3) is 4.85. The third-order valence-electron chi connectivity index (χ3n) is 4.56. The van der Waals surface area contributed by atoms with Gasteiger partial charge < -0.3 is 10.6 Å². The van der Waals surface area contributed by atoms with Gasteiger partial charge in [-0.05, 0) is 43.1 Å². The van der Waals surface area contributed by atoms with Crippen LogP contribution in [0.2, 0.25) is 0 Å². The Bertz CT molecular complexity index is 456. The maximum absolute atomic E-state index is 12.5. The summed E-state index contributed by atoms with van der Waals surface area (Å²) >= 11 is 0. The first-order valence-corrected chi connectivity index (χ1v) is 8.06. The van der Waals surface area contributed by atoms with Gasteiger partial charge in [0.05, 0.1) is 6.04 Å². The second-order valence-corrected chi connectivity index (χ2v) is 6.97. The number of rotatable bonds is 4. The Morgan fingerprint density at radius 1 is 1.24 bits per heavy atom. The number of carbonyl (C=O) groups is 1. The second kappa shape index (κ2) is 7.08. The van der Waals surface area contributed by atoms with E-state index in [4.69, 9.17) is 5.73 Å². The number of hydrogen-bond acceptors (Lipinski definition) is 2. The van der Waals surface area contributed by atoms with E-state index in [1.807, 2.05) is 23.1 Å². The SMILES string of the molecule is CC1(C)CCCN(C(=O)[C@@H](N)CCc2ccccc2)CC1. The van der Waals surface area contributed by atoms with E-state index in [-0.39, 0.29) is 11.9 Å². The summed E-state index contributed by atoms with van der Waals surface area (Å²) in [5, 5.41) is 0. The molecule has 1 aliphatic heterocycles. The van der Waals surface area contributed by atoms with Crippen LogP contribution in [0.3, 0.4) is 0 Å². The van der Waals surface area contributed by atoms with Crippen LogP contribution in [0, 0.1) is 5.41 Å². The highest BCUT2D eigenvalue weighted by Crippen LogP contribution is 2.29. The minimum Gasteiger partial charge on any atom is -0.341 e. The van der Waals surface area contributed by atoms with Crippen LogP contribution in [0.15, 0.2) is 30.3 Å². The minimum atomic E-state index is -0.369. The van der Waals surface area contributed by atoms with Gasteiger partial charge in [0.2, 0.25) is 5.91 Å². The van der Waals surface area contributed by atoms with E-state index in [0.29, 0.717) is 5.41 Å². The molecule has 0 bridgehead atoms. The lowest BCUT2D eigenvalue weighted by molar-refractivity contribution is -0.132. The fourth-order valence-electron chi connectivity index (χ4n) is 2.97. The summed E-state index contributed by atoms with van der Waals surface area (Å²) < 4.78 is 0. The molecule has 1 aromatic rings. The number of nitrogens with zero attached hydrogens (tertiary/aromatic N) is 1. The lowest BCUT2D eigenvalue weighted by Crippen LogP contribution is -2.44. The number of likely N-dealkylation sites (tertiary alicyclic amines) is 1. The molecule has 1 aliphatic rings. The van der Waals surface area contributed by atoms with Gasteiger partial charge in [-0.15, -0.1) is 0 Å². The first-order chi connectivity index (χ1) is 9.98. The fraction of sp³-hybridized carbons (Fsp3) is 0.611. The van der Waals surface area contributed by atoms with Gasteiger partial charge in [0, 0.05) is 13.1 Å². The Kier molecular flexibility index (Phi) is 5.40. The molecular formula is C18H28N2O. The highest BCUT2D eigenvalue weighted by molar-refractivity contribution is 5.81. The first kappa shape index (κ1) is 16.0. The van der Waals surface area contributed by atoms with Crippen molar-refractivity contribution in [3.05, 3.63) is 35.9 Å². The zero-order valence-electron chi connectivity index (χ0n) is 13.3. The van der Waals surface area contributed by atoms with Crippen LogP contribution in [0.1, 0.15) is 45.1 Å². The number of benzene rings is 1. The van der Waals surface area contributed by atoms with Crippen LogP contribution in [0.25, 0.3) is 0 Å². The molecule has 0 spiro atoms. The Hall–Kier alpha value is -1.35. The Balaban J connectivity index is 1.84. The summed E-state index contributed by atoms with van der Waals surface area (Å²) in [7, 11) is 0. The lowest BCUT2D eigenvalue weighted by Gasteiger charge is -2.25. The van der Waals surface area contributed by atoms with Gasteiger partial charge in [-0.1, -0.05) is 44.2 Å². The number of amides is 1. The van der Waals surface area contributed by atoms with E-state index in [9.17, 15) is 4.79 Å². The molecule has 0 aromatic heterocycles. The monoisotopic (exact) mass is 288 g/mol. The molecule has 2 N–H and O–H groups in total. The molecule has 0 unspecified atom stereocenters. The van der Waals surface area contributed by atoms with Crippen molar-refractivity contribution in [2.75, 3.05) is 13.1 Å². The van der Waals surface area contributed by atoms with Crippen molar-refractivity contribution in [1.29, 1.82) is 0 Å². The summed E-state index contributed by atoms with van der Waals surface area (Å²) in [6.45, 7) is 6.29. The van der Waals surface area contributed by atoms with Crippen molar-refractivity contribution in [3.8, 4) is 0 Å². The lowest BCUT2D eigenvalue weighted by atomic mass is 9.85. The highest BCUT2D eigenvalue weighted by atomic mass is 16.2. The molecule has 0 saturated carbocycles. The van der Waals surface area contributed by atoms with Crippen LogP contribution in [-0.2, 0) is 11.2 Å². The summed E-state index contributed by atoms with van der Waals surface area (Å²) in [4.78, 5) is 14.5. The van der Waals surface area contributed by atoms with Crippen molar-refractivity contribution in [2.24, 2.45) is 11.1 Å². The average molecular weight is 288 g/mol. The standard InChI is InChI=1S/C18H28N2O/c1-18(2)11-6-13-20(14-12-18)17(21)16(19)10-9-15-7-4-3-5-8-15/h3-5,7-8,16H,6,9-14,19H2,1-2H3/t16-/m0/s1. The molecule has 2 rings (SSSR count). The van der Waals surface area contributed by atoms with Gasteiger partial charge >= 0.3 is 0 Å². The zero-order chi connectivity index (χ0) is 15.3. The van der Waals surface area contributed by atoms with Gasteiger partial charge in [-0.2, -0.15) is 0 Å². The van der Waals surface area contributed by atoms with Gasteiger partial charge in [0.25, 0.3) is 0 Å². The van der Waals surface area contributed by atoms with Gasteiger partial charge in [-0.3, -0.25) is 4.79 Å². The third-order valence-corrected chi connectivity index (χ3v) is 4.56. The zero-order valence-corrected chi connectivity index (χ0v) is 13.3. The van der Waals surface area contributed by atoms with Crippen molar-refractivity contribution >= 4 is 5.91 Å².